The summed E-state index contributed by atoms with van der Waals surface area (Å²) in [7, 11) is 0. The van der Waals surface area contributed by atoms with E-state index in [1.54, 1.807) is 24.3 Å². The maximum Gasteiger partial charge on any atom is 0.282 e. The van der Waals surface area contributed by atoms with E-state index in [4.69, 9.17) is 11.6 Å². The van der Waals surface area contributed by atoms with Crippen molar-refractivity contribution >= 4 is 44.7 Å². The normalized spacial score (nSPS) is 10.9. The molecule has 18 heavy (non-hydrogen) atoms. The van der Waals surface area contributed by atoms with Gasteiger partial charge in [-0.2, -0.15) is 0 Å². The molecule has 0 radical (unpaired) electrons. The van der Waals surface area contributed by atoms with Gasteiger partial charge in [0.15, 0.2) is 4.47 Å². The number of aromatic nitrogens is 1. The molecular weight excluding hydrogens is 348 g/mol. The van der Waals surface area contributed by atoms with E-state index in [0.717, 1.165) is 11.3 Å². The molecule has 0 spiro atoms. The number of thiazole rings is 1. The number of ketones is 1. The molecule has 1 aromatic heterocycles. The standard InChI is InChI=1S/C11H5BrClF2NOS/c12-6-3-1-2-5(4-6)8(17)9-7(10(14)15)16-11(13)18-9/h1-4,10H. The molecule has 7 heteroatoms. The van der Waals surface area contributed by atoms with Crippen LogP contribution >= 0.6 is 38.9 Å². The van der Waals surface area contributed by atoms with Gasteiger partial charge in [-0.1, -0.05) is 51.0 Å². The Hall–Kier alpha value is -0.850. The van der Waals surface area contributed by atoms with Crippen molar-refractivity contribution in [3.8, 4) is 0 Å². The number of nitrogens with zero attached hydrogens (tertiary/aromatic N) is 1. The fourth-order valence-electron chi connectivity index (χ4n) is 1.38. The summed E-state index contributed by atoms with van der Waals surface area (Å²) in [6.07, 6.45) is -2.82. The van der Waals surface area contributed by atoms with Gasteiger partial charge in [-0.25, -0.2) is 13.8 Å². The minimum absolute atomic E-state index is 0.0661. The smallest absolute Gasteiger partial charge is 0.282 e. The van der Waals surface area contributed by atoms with Crippen molar-refractivity contribution in [3.63, 3.8) is 0 Å². The van der Waals surface area contributed by atoms with Gasteiger partial charge in [-0.15, -0.1) is 0 Å². The Morgan fingerprint density at radius 3 is 2.78 bits per heavy atom. The molecule has 0 aliphatic rings. The number of hydrogen-bond acceptors (Lipinski definition) is 3. The molecule has 2 rings (SSSR count). The van der Waals surface area contributed by atoms with Gasteiger partial charge in [0.25, 0.3) is 6.43 Å². The highest BCUT2D eigenvalue weighted by atomic mass is 79.9. The summed E-state index contributed by atoms with van der Waals surface area (Å²) < 4.78 is 26.1. The van der Waals surface area contributed by atoms with Crippen LogP contribution in [0.1, 0.15) is 27.4 Å². The minimum Gasteiger partial charge on any atom is -0.288 e. The second kappa shape index (κ2) is 5.42. The van der Waals surface area contributed by atoms with Crippen molar-refractivity contribution in [2.24, 2.45) is 0 Å². The predicted molar refractivity (Wildman–Crippen MR) is 69.7 cm³/mol. The summed E-state index contributed by atoms with van der Waals surface area (Å²) in [5.74, 6) is -0.504. The first-order valence-corrected chi connectivity index (χ1v) is 6.72. The first-order valence-electron chi connectivity index (χ1n) is 4.73. The maximum atomic E-state index is 12.7. The Balaban J connectivity index is 2.46. The molecule has 0 aliphatic carbocycles. The Morgan fingerprint density at radius 2 is 2.17 bits per heavy atom. The summed E-state index contributed by atoms with van der Waals surface area (Å²) in [6.45, 7) is 0. The van der Waals surface area contributed by atoms with Crippen LogP contribution in [0.15, 0.2) is 28.7 Å². The van der Waals surface area contributed by atoms with Crippen molar-refractivity contribution in [2.75, 3.05) is 0 Å². The van der Waals surface area contributed by atoms with Crippen molar-refractivity contribution in [1.29, 1.82) is 0 Å². The van der Waals surface area contributed by atoms with Crippen LogP contribution in [-0.2, 0) is 0 Å². The fourth-order valence-corrected chi connectivity index (χ4v) is 2.86. The van der Waals surface area contributed by atoms with E-state index in [1.807, 2.05) is 0 Å². The van der Waals surface area contributed by atoms with Gasteiger partial charge in [-0.3, -0.25) is 4.79 Å². The molecule has 2 nitrogen and oxygen atoms in total. The molecular formula is C11H5BrClF2NOS. The zero-order chi connectivity index (χ0) is 13.3. The van der Waals surface area contributed by atoms with Gasteiger partial charge < -0.3 is 0 Å². The lowest BCUT2D eigenvalue weighted by atomic mass is 10.1. The summed E-state index contributed by atoms with van der Waals surface area (Å²) in [4.78, 5) is 15.5. The minimum atomic E-state index is -2.82. The summed E-state index contributed by atoms with van der Waals surface area (Å²) in [6, 6.07) is 6.51. The monoisotopic (exact) mass is 351 g/mol. The lowest BCUT2D eigenvalue weighted by Gasteiger charge is -2.01. The van der Waals surface area contributed by atoms with Crippen LogP contribution in [0, 0.1) is 0 Å². The largest absolute Gasteiger partial charge is 0.288 e. The van der Waals surface area contributed by atoms with Crippen LogP contribution in [0.4, 0.5) is 8.78 Å². The summed E-state index contributed by atoms with van der Waals surface area (Å²) in [5, 5.41) is 0. The molecule has 0 aliphatic heterocycles. The highest BCUT2D eigenvalue weighted by Crippen LogP contribution is 2.32. The number of carbonyl (C=O) groups is 1. The molecule has 0 amide bonds. The van der Waals surface area contributed by atoms with E-state index in [9.17, 15) is 13.6 Å². The highest BCUT2D eigenvalue weighted by molar-refractivity contribution is 9.10. The zero-order valence-corrected chi connectivity index (χ0v) is 11.8. The topological polar surface area (TPSA) is 30.0 Å². The van der Waals surface area contributed by atoms with Crippen LogP contribution < -0.4 is 0 Å². The number of rotatable bonds is 3. The molecule has 0 fully saturated rings. The van der Waals surface area contributed by atoms with E-state index in [1.165, 1.54) is 0 Å². The van der Waals surface area contributed by atoms with Gasteiger partial charge in [0.2, 0.25) is 5.78 Å². The van der Waals surface area contributed by atoms with Crippen LogP contribution in [0.2, 0.25) is 4.47 Å². The molecule has 94 valence electrons. The molecule has 2 aromatic rings. The van der Waals surface area contributed by atoms with Crippen LogP contribution in [0.25, 0.3) is 0 Å². The van der Waals surface area contributed by atoms with Crippen molar-refractivity contribution < 1.29 is 13.6 Å². The lowest BCUT2D eigenvalue weighted by Crippen LogP contribution is -2.03. The third-order valence-corrected chi connectivity index (χ3v) is 3.79. The molecule has 0 unspecified atom stereocenters. The third-order valence-electron chi connectivity index (χ3n) is 2.13. The maximum absolute atomic E-state index is 12.7. The van der Waals surface area contributed by atoms with Gasteiger partial charge in [-0.05, 0) is 12.1 Å². The average Bonchev–Trinajstić information content (AvgIpc) is 2.70. The van der Waals surface area contributed by atoms with Crippen LogP contribution in [-0.4, -0.2) is 10.8 Å². The summed E-state index contributed by atoms with van der Waals surface area (Å²) >= 11 is 9.56. The SMILES string of the molecule is O=C(c1cccc(Br)c1)c1sc(Cl)nc1C(F)F. The lowest BCUT2D eigenvalue weighted by molar-refractivity contribution is 0.102. The van der Waals surface area contributed by atoms with Gasteiger partial charge in [0.05, 0.1) is 0 Å². The van der Waals surface area contributed by atoms with Crippen molar-refractivity contribution in [3.05, 3.63) is 49.3 Å². The van der Waals surface area contributed by atoms with E-state index in [-0.39, 0.29) is 9.34 Å². The Morgan fingerprint density at radius 1 is 1.44 bits per heavy atom. The van der Waals surface area contributed by atoms with E-state index >= 15 is 0 Å². The average molecular weight is 353 g/mol. The molecule has 1 heterocycles. The molecule has 0 saturated carbocycles. The molecule has 0 N–H and O–H groups in total. The van der Waals surface area contributed by atoms with Gasteiger partial charge in [0.1, 0.15) is 10.6 Å². The fraction of sp³-hybridized carbons (Fsp3) is 0.0909. The molecule has 0 saturated heterocycles. The van der Waals surface area contributed by atoms with E-state index in [2.05, 4.69) is 20.9 Å². The van der Waals surface area contributed by atoms with Gasteiger partial charge >= 0.3 is 0 Å². The quantitative estimate of drug-likeness (QED) is 0.748. The highest BCUT2D eigenvalue weighted by Gasteiger charge is 2.24. The number of hydrogen-bond donors (Lipinski definition) is 0. The first-order chi connectivity index (χ1) is 8.49. The molecule has 1 aromatic carbocycles. The Bertz CT molecular complexity index is 602. The number of halogens is 4. The number of carbonyl (C=O) groups excluding carboxylic acids is 1. The first kappa shape index (κ1) is 13.6. The Labute approximate surface area is 119 Å². The number of alkyl halides is 2. The second-order valence-electron chi connectivity index (χ2n) is 3.32. The van der Waals surface area contributed by atoms with Crippen LogP contribution in [0.3, 0.4) is 0 Å². The predicted octanol–water partition coefficient (Wildman–Crippen LogP) is 4.73. The molecule has 0 bridgehead atoms. The van der Waals surface area contributed by atoms with E-state index < -0.39 is 17.9 Å². The third kappa shape index (κ3) is 2.76. The summed E-state index contributed by atoms with van der Waals surface area (Å²) in [5.41, 5.74) is -0.249. The van der Waals surface area contributed by atoms with Crippen LogP contribution in [0.5, 0.6) is 0 Å². The van der Waals surface area contributed by atoms with Gasteiger partial charge in [0, 0.05) is 10.0 Å². The van der Waals surface area contributed by atoms with Crippen molar-refractivity contribution in [1.82, 2.24) is 4.98 Å². The second-order valence-corrected chi connectivity index (χ2v) is 5.82. The Kier molecular flexibility index (Phi) is 4.09. The van der Waals surface area contributed by atoms with Crippen molar-refractivity contribution in [2.45, 2.75) is 6.43 Å². The number of benzene rings is 1. The van der Waals surface area contributed by atoms with E-state index in [0.29, 0.717) is 10.0 Å². The molecule has 0 atom stereocenters. The zero-order valence-electron chi connectivity index (χ0n) is 8.66.